The summed E-state index contributed by atoms with van der Waals surface area (Å²) in [7, 11) is 0. The molecule has 1 amide bonds. The summed E-state index contributed by atoms with van der Waals surface area (Å²) in [5, 5.41) is 22.5. The van der Waals surface area contributed by atoms with Crippen LogP contribution < -0.4 is 10.1 Å². The number of nitrogens with one attached hydrogen (secondary N) is 1. The molecule has 3 N–H and O–H groups in total. The van der Waals surface area contributed by atoms with Crippen LogP contribution in [0.25, 0.3) is 10.9 Å². The smallest absolute Gasteiger partial charge is 0.353 e. The van der Waals surface area contributed by atoms with Crippen LogP contribution >= 0.6 is 0 Å². The molecule has 0 aliphatic rings. The average molecular weight is 593 g/mol. The highest BCUT2D eigenvalue weighted by molar-refractivity contribution is 6.15. The molecule has 1 atom stereocenters. The quantitative estimate of drug-likeness (QED) is 0.0987. The molecule has 9 nitrogen and oxygen atoms in total. The maximum Gasteiger partial charge on any atom is 0.353 e. The zero-order valence-electron chi connectivity index (χ0n) is 25.3. The number of fused-ring (bicyclic) bond motifs is 1. The first-order valence-corrected chi connectivity index (χ1v) is 15.3. The van der Waals surface area contributed by atoms with Crippen molar-refractivity contribution in [3.05, 3.63) is 65.4 Å². The fourth-order valence-electron chi connectivity index (χ4n) is 5.42. The number of hydrogen-bond acceptors (Lipinski definition) is 5. The number of aromatic carboxylic acids is 1. The van der Waals surface area contributed by atoms with E-state index in [4.69, 9.17) is 4.74 Å². The summed E-state index contributed by atoms with van der Waals surface area (Å²) in [6.45, 7) is 3.86. The van der Waals surface area contributed by atoms with Crippen LogP contribution in [0.5, 0.6) is 5.75 Å². The van der Waals surface area contributed by atoms with Gasteiger partial charge in [-0.2, -0.15) is 0 Å². The van der Waals surface area contributed by atoms with E-state index in [1.807, 2.05) is 18.2 Å². The van der Waals surface area contributed by atoms with Crippen molar-refractivity contribution in [2.45, 2.75) is 97.1 Å². The molecule has 0 saturated carbocycles. The zero-order valence-corrected chi connectivity index (χ0v) is 25.3. The molecule has 0 aliphatic heterocycles. The number of para-hydroxylation sites is 1. The van der Waals surface area contributed by atoms with Crippen LogP contribution in [0.4, 0.5) is 0 Å². The van der Waals surface area contributed by atoms with Crippen LogP contribution in [-0.2, 0) is 22.6 Å². The molecule has 1 heterocycles. The van der Waals surface area contributed by atoms with Crippen molar-refractivity contribution < 1.29 is 34.1 Å². The van der Waals surface area contributed by atoms with Crippen molar-refractivity contribution in [3.8, 4) is 5.75 Å². The van der Waals surface area contributed by atoms with E-state index in [0.29, 0.717) is 28.6 Å². The molecular weight excluding hydrogens is 548 g/mol. The number of nitrogens with zero attached hydrogens (tertiary/aromatic N) is 1. The Balaban J connectivity index is 1.63. The molecule has 0 bridgehead atoms. The lowest BCUT2D eigenvalue weighted by Crippen LogP contribution is -2.41. The number of unbranched alkanes of at least 4 members (excludes halogenated alkanes) is 8. The zero-order chi connectivity index (χ0) is 31.2. The number of aromatic nitrogens is 1. The molecular formula is C34H44N2O7. The minimum Gasteiger partial charge on any atom is -0.492 e. The molecule has 0 saturated heterocycles. The van der Waals surface area contributed by atoms with Crippen molar-refractivity contribution in [1.82, 2.24) is 9.88 Å². The molecule has 43 heavy (non-hydrogen) atoms. The van der Waals surface area contributed by atoms with E-state index < -0.39 is 23.9 Å². The summed E-state index contributed by atoms with van der Waals surface area (Å²) in [6, 6.07) is 13.1. The number of carboxylic acids is 2. The lowest BCUT2D eigenvalue weighted by atomic mass is 10.0. The van der Waals surface area contributed by atoms with Gasteiger partial charge >= 0.3 is 11.9 Å². The minimum absolute atomic E-state index is 0.0150. The number of carbonyl (C=O) groups is 4. The fourth-order valence-corrected chi connectivity index (χ4v) is 5.42. The third kappa shape index (κ3) is 9.98. The van der Waals surface area contributed by atoms with E-state index in [9.17, 15) is 29.4 Å². The van der Waals surface area contributed by atoms with Crippen molar-refractivity contribution in [2.75, 3.05) is 6.61 Å². The van der Waals surface area contributed by atoms with E-state index in [0.717, 1.165) is 19.3 Å². The maximum atomic E-state index is 13.3. The van der Waals surface area contributed by atoms with Gasteiger partial charge in [0.05, 0.1) is 12.1 Å². The second-order valence-corrected chi connectivity index (χ2v) is 11.0. The van der Waals surface area contributed by atoms with Gasteiger partial charge in [0.2, 0.25) is 5.91 Å². The summed E-state index contributed by atoms with van der Waals surface area (Å²) in [4.78, 5) is 48.5. The number of carbonyl (C=O) groups excluding carboxylic acids is 2. The largest absolute Gasteiger partial charge is 0.492 e. The van der Waals surface area contributed by atoms with Gasteiger partial charge in [0.25, 0.3) is 0 Å². The molecule has 0 fully saturated rings. The standard InChI is InChI=1S/C34H44N2O7/c1-3-4-5-6-7-8-9-10-11-16-30(38)31-27-14-12-13-15-29(27)36(32(31)34(41)42)21-22-43-26-19-17-25(18-20-26)23-28(33(39)40)35-24(2)37/h12-15,17-20,28H,3-11,16,21-23H2,1-2H3,(H,35,37)(H,39,40)(H,41,42)/t28-/m1/s1. The Labute approximate surface area is 253 Å². The van der Waals surface area contributed by atoms with E-state index >= 15 is 0 Å². The SMILES string of the molecule is CCCCCCCCCCCC(=O)c1c(C(=O)O)n(CCOc2ccc(C[C@@H](NC(C)=O)C(=O)O)cc2)c2ccccc12. The molecule has 232 valence electrons. The van der Waals surface area contributed by atoms with Crippen LogP contribution in [0, 0.1) is 0 Å². The molecule has 0 unspecified atom stereocenters. The highest BCUT2D eigenvalue weighted by Gasteiger charge is 2.26. The highest BCUT2D eigenvalue weighted by atomic mass is 16.5. The molecule has 3 rings (SSSR count). The average Bonchev–Trinajstić information content (AvgIpc) is 3.31. The summed E-state index contributed by atoms with van der Waals surface area (Å²) in [5.41, 5.74) is 1.64. The summed E-state index contributed by atoms with van der Waals surface area (Å²) < 4.78 is 7.52. The van der Waals surface area contributed by atoms with Crippen LogP contribution in [0.15, 0.2) is 48.5 Å². The Morgan fingerprint density at radius 3 is 2.09 bits per heavy atom. The van der Waals surface area contributed by atoms with Gasteiger partial charge in [-0.3, -0.25) is 9.59 Å². The lowest BCUT2D eigenvalue weighted by molar-refractivity contribution is -0.141. The molecule has 3 aromatic rings. The Bertz CT molecular complexity index is 1380. The summed E-state index contributed by atoms with van der Waals surface area (Å²) in [5.74, 6) is -2.30. The Morgan fingerprint density at radius 2 is 1.49 bits per heavy atom. The predicted molar refractivity (Wildman–Crippen MR) is 166 cm³/mol. The van der Waals surface area contributed by atoms with Crippen molar-refractivity contribution in [3.63, 3.8) is 0 Å². The number of Topliss-reactive ketones (excluding diaryl/α,β-unsaturated/α-hetero) is 1. The maximum absolute atomic E-state index is 13.3. The third-order valence-corrected chi connectivity index (χ3v) is 7.58. The molecule has 2 aromatic carbocycles. The van der Waals surface area contributed by atoms with E-state index in [1.165, 1.54) is 45.4 Å². The minimum atomic E-state index is -1.15. The monoisotopic (exact) mass is 592 g/mol. The summed E-state index contributed by atoms with van der Waals surface area (Å²) in [6.07, 6.45) is 10.7. The fraction of sp³-hybridized carbons (Fsp3) is 0.471. The van der Waals surface area contributed by atoms with Crippen LogP contribution in [0.1, 0.15) is 104 Å². The highest BCUT2D eigenvalue weighted by Crippen LogP contribution is 2.29. The second kappa shape index (κ2) is 17.1. The Morgan fingerprint density at radius 1 is 0.860 bits per heavy atom. The first-order chi connectivity index (χ1) is 20.7. The summed E-state index contributed by atoms with van der Waals surface area (Å²) >= 11 is 0. The predicted octanol–water partition coefficient (Wildman–Crippen LogP) is 6.65. The number of aliphatic carboxylic acids is 1. The first-order valence-electron chi connectivity index (χ1n) is 15.3. The molecule has 0 aliphatic carbocycles. The topological polar surface area (TPSA) is 135 Å². The normalized spacial score (nSPS) is 11.8. The number of hydrogen-bond donors (Lipinski definition) is 3. The number of benzene rings is 2. The van der Waals surface area contributed by atoms with E-state index in [1.54, 1.807) is 34.9 Å². The van der Waals surface area contributed by atoms with Gasteiger partial charge in [0.1, 0.15) is 24.1 Å². The Kier molecular flexibility index (Phi) is 13.3. The number of ketones is 1. The van der Waals surface area contributed by atoms with Gasteiger partial charge in [-0.25, -0.2) is 9.59 Å². The van der Waals surface area contributed by atoms with E-state index in [2.05, 4.69) is 12.2 Å². The van der Waals surface area contributed by atoms with Gasteiger partial charge in [-0.15, -0.1) is 0 Å². The van der Waals surface area contributed by atoms with E-state index in [-0.39, 0.29) is 36.6 Å². The number of ether oxygens (including phenoxy) is 1. The van der Waals surface area contributed by atoms with Gasteiger partial charge in [-0.1, -0.05) is 88.6 Å². The van der Waals surface area contributed by atoms with Crippen LogP contribution in [0.3, 0.4) is 0 Å². The number of carboxylic acid groups (broad SMARTS) is 2. The molecule has 9 heteroatoms. The Hall–Kier alpha value is -4.14. The van der Waals surface area contributed by atoms with Gasteiger partial charge in [0.15, 0.2) is 5.78 Å². The molecule has 1 aromatic heterocycles. The van der Waals surface area contributed by atoms with Crippen molar-refractivity contribution in [2.24, 2.45) is 0 Å². The number of amides is 1. The lowest BCUT2D eigenvalue weighted by Gasteiger charge is -2.14. The van der Waals surface area contributed by atoms with Gasteiger partial charge in [0, 0.05) is 30.7 Å². The van der Waals surface area contributed by atoms with Crippen molar-refractivity contribution >= 4 is 34.5 Å². The molecule has 0 radical (unpaired) electrons. The molecule has 0 spiro atoms. The number of rotatable bonds is 20. The second-order valence-electron chi connectivity index (χ2n) is 11.0. The third-order valence-electron chi connectivity index (χ3n) is 7.58. The van der Waals surface area contributed by atoms with Crippen LogP contribution in [-0.4, -0.2) is 51.1 Å². The van der Waals surface area contributed by atoms with Crippen molar-refractivity contribution in [1.29, 1.82) is 0 Å². The van der Waals surface area contributed by atoms with Crippen LogP contribution in [0.2, 0.25) is 0 Å². The van der Waals surface area contributed by atoms with Gasteiger partial charge in [-0.05, 0) is 30.2 Å². The first kappa shape index (κ1) is 33.4. The van der Waals surface area contributed by atoms with Gasteiger partial charge < -0.3 is 24.8 Å².